The van der Waals surface area contributed by atoms with Crippen molar-refractivity contribution in [2.45, 2.75) is 31.3 Å². The van der Waals surface area contributed by atoms with Gasteiger partial charge in [0, 0.05) is 18.3 Å². The number of benzene rings is 1. The summed E-state index contributed by atoms with van der Waals surface area (Å²) >= 11 is 7.10. The maximum absolute atomic E-state index is 14.2. The molecule has 2 atom stereocenters. The Morgan fingerprint density at radius 1 is 1.42 bits per heavy atom. The molecule has 1 amide bonds. The fourth-order valence-electron chi connectivity index (χ4n) is 4.13. The molecule has 0 spiro atoms. The van der Waals surface area contributed by atoms with Gasteiger partial charge in [0.2, 0.25) is 0 Å². The number of carbonyl (C=O) groups excluding carboxylic acids is 1. The molecule has 162 valence electrons. The largest absolute Gasteiger partial charge is 0.339 e. The molecule has 1 aromatic carbocycles. The summed E-state index contributed by atoms with van der Waals surface area (Å²) in [5.41, 5.74) is 8.42. The smallest absolute Gasteiger partial charge is 0.276 e. The van der Waals surface area contributed by atoms with Gasteiger partial charge in [-0.25, -0.2) is 8.91 Å². The molecule has 9 heteroatoms. The van der Waals surface area contributed by atoms with Gasteiger partial charge < -0.3 is 11.1 Å². The molecular weight excluding hydrogens is 437 g/mol. The third kappa shape index (κ3) is 4.07. The van der Waals surface area contributed by atoms with E-state index in [1.54, 1.807) is 16.8 Å². The Bertz CT molecular complexity index is 1150. The highest BCUT2D eigenvalue weighted by atomic mass is 35.5. The van der Waals surface area contributed by atoms with Crippen LogP contribution in [0.5, 0.6) is 0 Å². The minimum atomic E-state index is -0.824. The minimum Gasteiger partial charge on any atom is -0.339 e. The van der Waals surface area contributed by atoms with Gasteiger partial charge in [0.15, 0.2) is 5.04 Å². The van der Waals surface area contributed by atoms with Crippen molar-refractivity contribution in [3.8, 4) is 0 Å². The lowest BCUT2D eigenvalue weighted by Crippen LogP contribution is -2.51. The molecule has 3 N–H and O–H groups in total. The van der Waals surface area contributed by atoms with Crippen LogP contribution >= 0.6 is 23.4 Å². The number of alkyl halides is 1. The van der Waals surface area contributed by atoms with E-state index < -0.39 is 5.54 Å². The monoisotopic (exact) mass is 459 g/mol. The second kappa shape index (κ2) is 8.98. The first-order valence-corrected chi connectivity index (χ1v) is 11.5. The number of aromatic nitrogens is 2. The Morgan fingerprint density at radius 2 is 2.26 bits per heavy atom. The van der Waals surface area contributed by atoms with E-state index in [1.807, 2.05) is 37.4 Å². The highest BCUT2D eigenvalue weighted by Crippen LogP contribution is 2.37. The van der Waals surface area contributed by atoms with Crippen molar-refractivity contribution in [3.05, 3.63) is 71.3 Å². The van der Waals surface area contributed by atoms with Gasteiger partial charge >= 0.3 is 0 Å². The number of nitrogens with zero attached hydrogens (tertiary/aromatic N) is 3. The van der Waals surface area contributed by atoms with E-state index in [9.17, 15) is 9.18 Å². The average molecular weight is 460 g/mol. The molecule has 0 radical (unpaired) electrons. The number of hydrogen-bond acceptors (Lipinski definition) is 5. The number of hydrogen-bond donors (Lipinski definition) is 2. The first kappa shape index (κ1) is 21.8. The number of fused-ring (bicyclic) bond motifs is 2. The summed E-state index contributed by atoms with van der Waals surface area (Å²) in [7, 11) is 0. The summed E-state index contributed by atoms with van der Waals surface area (Å²) < 4.78 is 16.0. The number of nitrogens with two attached hydrogens (primary N) is 1. The molecule has 1 aliphatic rings. The van der Waals surface area contributed by atoms with Gasteiger partial charge in [0.05, 0.1) is 28.5 Å². The summed E-state index contributed by atoms with van der Waals surface area (Å²) in [6.45, 7) is 2.07. The molecule has 2 unspecified atom stereocenters. The number of amides is 1. The summed E-state index contributed by atoms with van der Waals surface area (Å²) in [6.07, 6.45) is 4.67. The molecule has 0 saturated carbocycles. The fraction of sp³-hybridized carbons (Fsp3) is 0.318. The van der Waals surface area contributed by atoms with Crippen LogP contribution in [0.3, 0.4) is 0 Å². The van der Waals surface area contributed by atoms with Crippen LogP contribution in [-0.2, 0) is 16.8 Å². The number of carbonyl (C=O) groups is 1. The molecule has 0 bridgehead atoms. The van der Waals surface area contributed by atoms with Crippen LogP contribution in [0.25, 0.3) is 5.52 Å². The second-order valence-corrected chi connectivity index (χ2v) is 9.05. The molecule has 31 heavy (non-hydrogen) atoms. The van der Waals surface area contributed by atoms with Gasteiger partial charge in [0.25, 0.3) is 5.91 Å². The lowest BCUT2D eigenvalue weighted by atomic mass is 9.91. The minimum absolute atomic E-state index is 0.164. The Kier molecular flexibility index (Phi) is 6.31. The average Bonchev–Trinajstić information content (AvgIpc) is 3.36. The van der Waals surface area contributed by atoms with E-state index >= 15 is 0 Å². The second-order valence-electron chi connectivity index (χ2n) is 7.50. The third-order valence-electron chi connectivity index (χ3n) is 5.74. The standard InChI is InChI=1S/C22H23ClFN5OS/c1-14(16-11-26-29-10-3-2-7-19(16)29)27-21(31-13-23)20(30)28-22(12-25)9-8-15-17(22)5-4-6-18(15)24/h2-7,10-11,14H,8-9,12-13,25H2,1H3,(H,28,30). The normalized spacial score (nSPS) is 19.4. The topological polar surface area (TPSA) is 84.8 Å². The molecule has 0 aliphatic heterocycles. The Labute approximate surface area is 189 Å². The van der Waals surface area contributed by atoms with Crippen LogP contribution in [0.4, 0.5) is 4.39 Å². The lowest BCUT2D eigenvalue weighted by molar-refractivity contribution is -0.116. The van der Waals surface area contributed by atoms with Crippen LogP contribution in [-0.4, -0.2) is 32.3 Å². The number of thioether (sulfide) groups is 1. The first-order valence-electron chi connectivity index (χ1n) is 9.98. The number of nitrogens with one attached hydrogen (secondary N) is 1. The summed E-state index contributed by atoms with van der Waals surface area (Å²) in [5.74, 6) is -0.635. The van der Waals surface area contributed by atoms with E-state index in [-0.39, 0.29) is 34.6 Å². The zero-order chi connectivity index (χ0) is 22.0. The van der Waals surface area contributed by atoms with E-state index in [2.05, 4.69) is 15.4 Å². The van der Waals surface area contributed by atoms with Gasteiger partial charge in [-0.2, -0.15) is 5.10 Å². The summed E-state index contributed by atoms with van der Waals surface area (Å²) in [4.78, 5) is 17.9. The van der Waals surface area contributed by atoms with Gasteiger partial charge in [-0.3, -0.25) is 9.79 Å². The van der Waals surface area contributed by atoms with Crippen molar-refractivity contribution >= 4 is 39.8 Å². The number of halogens is 2. The summed E-state index contributed by atoms with van der Waals surface area (Å²) in [5, 5.41) is 7.81. The van der Waals surface area contributed by atoms with Crippen molar-refractivity contribution in [2.24, 2.45) is 10.7 Å². The van der Waals surface area contributed by atoms with Crippen molar-refractivity contribution in [2.75, 3.05) is 11.8 Å². The molecule has 4 rings (SSSR count). The maximum Gasteiger partial charge on any atom is 0.276 e. The third-order valence-corrected chi connectivity index (χ3v) is 6.74. The number of pyridine rings is 1. The molecule has 1 aliphatic carbocycles. The molecule has 0 saturated heterocycles. The number of rotatable bonds is 5. The van der Waals surface area contributed by atoms with Crippen LogP contribution in [0.15, 0.2) is 53.8 Å². The maximum atomic E-state index is 14.2. The van der Waals surface area contributed by atoms with E-state index in [4.69, 9.17) is 17.3 Å². The lowest BCUT2D eigenvalue weighted by Gasteiger charge is -2.30. The Balaban J connectivity index is 1.63. The van der Waals surface area contributed by atoms with E-state index in [0.717, 1.165) is 28.4 Å². The van der Waals surface area contributed by atoms with E-state index in [1.165, 1.54) is 6.07 Å². The highest BCUT2D eigenvalue weighted by Gasteiger charge is 2.40. The van der Waals surface area contributed by atoms with Crippen LogP contribution in [0, 0.1) is 5.82 Å². The van der Waals surface area contributed by atoms with Crippen molar-refractivity contribution in [1.82, 2.24) is 14.9 Å². The summed E-state index contributed by atoms with van der Waals surface area (Å²) in [6, 6.07) is 10.4. The molecule has 0 fully saturated rings. The van der Waals surface area contributed by atoms with Crippen molar-refractivity contribution in [3.63, 3.8) is 0 Å². The fourth-order valence-corrected chi connectivity index (χ4v) is 4.96. The Hall–Kier alpha value is -2.42. The SMILES string of the molecule is CC(N=C(SCCl)C(=O)NC1(CN)CCc2c(F)cccc21)c1cnn2ccccc12. The molecule has 6 nitrogen and oxygen atoms in total. The predicted molar refractivity (Wildman–Crippen MR) is 123 cm³/mol. The number of aliphatic imine (C=N–C) groups is 1. The molecule has 2 heterocycles. The zero-order valence-electron chi connectivity index (χ0n) is 17.0. The molecule has 3 aromatic rings. The zero-order valence-corrected chi connectivity index (χ0v) is 18.6. The quantitative estimate of drug-likeness (QED) is 0.345. The Morgan fingerprint density at radius 3 is 3.03 bits per heavy atom. The first-order chi connectivity index (χ1) is 15.0. The van der Waals surface area contributed by atoms with Crippen LogP contribution < -0.4 is 11.1 Å². The van der Waals surface area contributed by atoms with Gasteiger partial charge in [-0.15, -0.1) is 11.6 Å². The predicted octanol–water partition coefficient (Wildman–Crippen LogP) is 3.78. The van der Waals surface area contributed by atoms with Gasteiger partial charge in [-0.05, 0) is 49.1 Å². The van der Waals surface area contributed by atoms with Crippen molar-refractivity contribution in [1.29, 1.82) is 0 Å². The van der Waals surface area contributed by atoms with Gasteiger partial charge in [0.1, 0.15) is 5.82 Å². The van der Waals surface area contributed by atoms with Crippen LogP contribution in [0.1, 0.15) is 36.1 Å². The molecular formula is C22H23ClFN5OS. The highest BCUT2D eigenvalue weighted by molar-refractivity contribution is 8.16. The van der Waals surface area contributed by atoms with Gasteiger partial charge in [-0.1, -0.05) is 30.0 Å². The van der Waals surface area contributed by atoms with Crippen molar-refractivity contribution < 1.29 is 9.18 Å². The van der Waals surface area contributed by atoms with E-state index in [0.29, 0.717) is 18.4 Å². The molecule has 2 aromatic heterocycles. The van der Waals surface area contributed by atoms with Crippen LogP contribution in [0.2, 0.25) is 0 Å².